The van der Waals surface area contributed by atoms with Crippen LogP contribution in [0.3, 0.4) is 0 Å². The molecule has 0 aliphatic carbocycles. The summed E-state index contributed by atoms with van der Waals surface area (Å²) in [6, 6.07) is 4.78. The Kier molecular flexibility index (Phi) is 5.13. The average molecular weight is 343 g/mol. The molecule has 0 radical (unpaired) electrons. The van der Waals surface area contributed by atoms with Gasteiger partial charge in [0.25, 0.3) is 21.6 Å². The highest BCUT2D eigenvalue weighted by Crippen LogP contribution is 2.19. The van der Waals surface area contributed by atoms with E-state index in [0.29, 0.717) is 16.0 Å². The molecule has 1 aromatic heterocycles. The lowest BCUT2D eigenvalue weighted by molar-refractivity contribution is -0.641. The Bertz CT molecular complexity index is 798. The van der Waals surface area contributed by atoms with Gasteiger partial charge in [-0.25, -0.2) is 4.98 Å². The van der Waals surface area contributed by atoms with E-state index in [-0.39, 0.29) is 37.8 Å². The number of aliphatic hydroxyl groups is 1. The fraction of sp³-hybridized carbons (Fsp3) is 0.417. The van der Waals surface area contributed by atoms with E-state index in [9.17, 15) is 13.6 Å². The van der Waals surface area contributed by atoms with Gasteiger partial charge in [0, 0.05) is 24.8 Å². The molecule has 23 heavy (non-hydrogen) atoms. The molecule has 11 heteroatoms. The maximum atomic E-state index is 11.6. The van der Waals surface area contributed by atoms with Crippen LogP contribution in [0.4, 0.5) is 11.6 Å². The molecule has 3 N–H and O–H groups in total. The van der Waals surface area contributed by atoms with E-state index in [1.54, 1.807) is 17.0 Å². The summed E-state index contributed by atoms with van der Waals surface area (Å²) in [5, 5.41) is 24.3. The SMILES string of the molecule is CS(=O)(=O)OCCN(CCO)c1ccc2c(c1)nc(N)n[n+]2[O-]. The Labute approximate surface area is 132 Å². The van der Waals surface area contributed by atoms with E-state index in [1.807, 2.05) is 0 Å². The lowest BCUT2D eigenvalue weighted by atomic mass is 10.2. The fourth-order valence-corrected chi connectivity index (χ4v) is 2.42. The topological polar surface area (TPSA) is 146 Å². The van der Waals surface area contributed by atoms with Gasteiger partial charge in [-0.3, -0.25) is 4.18 Å². The molecule has 0 atom stereocenters. The van der Waals surface area contributed by atoms with E-state index >= 15 is 0 Å². The number of nitrogens with zero attached hydrogens (tertiary/aromatic N) is 4. The fourth-order valence-electron chi connectivity index (χ4n) is 2.04. The molecular formula is C12H17N5O5S. The van der Waals surface area contributed by atoms with Gasteiger partial charge in [-0.2, -0.15) is 8.42 Å². The molecule has 0 aliphatic rings. The van der Waals surface area contributed by atoms with Gasteiger partial charge in [0.15, 0.2) is 0 Å². The van der Waals surface area contributed by atoms with Gasteiger partial charge < -0.3 is 20.9 Å². The minimum Gasteiger partial charge on any atom is -0.594 e. The van der Waals surface area contributed by atoms with Crippen LogP contribution in [-0.2, 0) is 14.3 Å². The monoisotopic (exact) mass is 343 g/mol. The van der Waals surface area contributed by atoms with Gasteiger partial charge in [-0.05, 0) is 17.0 Å². The summed E-state index contributed by atoms with van der Waals surface area (Å²) in [6.07, 6.45) is 0.964. The van der Waals surface area contributed by atoms with Crippen molar-refractivity contribution in [2.45, 2.75) is 0 Å². The minimum absolute atomic E-state index is 0.0651. The van der Waals surface area contributed by atoms with E-state index < -0.39 is 10.1 Å². The Morgan fingerprint density at radius 3 is 2.83 bits per heavy atom. The highest BCUT2D eigenvalue weighted by molar-refractivity contribution is 7.85. The van der Waals surface area contributed by atoms with Crippen molar-refractivity contribution in [1.82, 2.24) is 10.1 Å². The van der Waals surface area contributed by atoms with Crippen LogP contribution in [0.25, 0.3) is 11.0 Å². The molecule has 0 aliphatic heterocycles. The molecular weight excluding hydrogens is 326 g/mol. The highest BCUT2D eigenvalue weighted by atomic mass is 32.2. The van der Waals surface area contributed by atoms with Crippen LogP contribution in [0.15, 0.2) is 18.2 Å². The maximum absolute atomic E-state index is 11.6. The molecule has 126 valence electrons. The molecule has 0 saturated heterocycles. The second-order valence-electron chi connectivity index (χ2n) is 4.75. The van der Waals surface area contributed by atoms with Gasteiger partial charge in [0.05, 0.1) is 24.6 Å². The number of rotatable bonds is 7. The third-order valence-electron chi connectivity index (χ3n) is 2.99. The summed E-state index contributed by atoms with van der Waals surface area (Å²) < 4.78 is 26.7. The highest BCUT2D eigenvalue weighted by Gasteiger charge is 2.13. The molecule has 10 nitrogen and oxygen atoms in total. The van der Waals surface area contributed by atoms with Crippen LogP contribution in [0.1, 0.15) is 0 Å². The van der Waals surface area contributed by atoms with Crippen molar-refractivity contribution in [2.75, 3.05) is 43.2 Å². The van der Waals surface area contributed by atoms with Crippen LogP contribution < -0.4 is 15.5 Å². The van der Waals surface area contributed by atoms with Crippen molar-refractivity contribution in [2.24, 2.45) is 0 Å². The van der Waals surface area contributed by atoms with Gasteiger partial charge in [-0.15, -0.1) is 0 Å². The first-order valence-electron chi connectivity index (χ1n) is 6.67. The van der Waals surface area contributed by atoms with Crippen molar-refractivity contribution in [3.8, 4) is 0 Å². The van der Waals surface area contributed by atoms with Gasteiger partial charge in [-0.1, -0.05) is 0 Å². The number of aromatic nitrogens is 3. The summed E-state index contributed by atoms with van der Waals surface area (Å²) in [6.45, 7) is 0.294. The molecule has 0 bridgehead atoms. The molecule has 2 rings (SSSR count). The predicted molar refractivity (Wildman–Crippen MR) is 83.0 cm³/mol. The van der Waals surface area contributed by atoms with Gasteiger partial charge in [0.2, 0.25) is 0 Å². The Hall–Kier alpha value is -2.24. The quantitative estimate of drug-likeness (QED) is 0.353. The summed E-state index contributed by atoms with van der Waals surface area (Å²) in [7, 11) is -3.53. The lowest BCUT2D eigenvalue weighted by Crippen LogP contribution is -2.34. The smallest absolute Gasteiger partial charge is 0.288 e. The van der Waals surface area contributed by atoms with E-state index in [4.69, 9.17) is 15.0 Å². The van der Waals surface area contributed by atoms with Crippen molar-refractivity contribution >= 4 is 32.8 Å². The lowest BCUT2D eigenvalue weighted by Gasteiger charge is -2.23. The average Bonchev–Trinajstić information content (AvgIpc) is 2.44. The standard InChI is InChI=1S/C12H17N5O5S/c1-23(20,21)22-7-5-16(4-6-18)9-2-3-11-10(8-9)14-12(13)15-17(11)19/h2-3,8,18H,4-7H2,1H3,(H2,13,14,15). The van der Waals surface area contributed by atoms with Crippen molar-refractivity contribution < 1.29 is 22.6 Å². The number of aliphatic hydroxyl groups excluding tert-OH is 1. The van der Waals surface area contributed by atoms with Crippen LogP contribution in [-0.4, -0.2) is 56.2 Å². The van der Waals surface area contributed by atoms with Crippen LogP contribution >= 0.6 is 0 Å². The first-order chi connectivity index (χ1) is 10.8. The Morgan fingerprint density at radius 2 is 2.17 bits per heavy atom. The number of benzene rings is 1. The van der Waals surface area contributed by atoms with Crippen LogP contribution in [0, 0.1) is 5.21 Å². The number of anilines is 2. The first kappa shape index (κ1) is 17.1. The normalized spacial score (nSPS) is 11.7. The zero-order valence-corrected chi connectivity index (χ0v) is 13.2. The minimum atomic E-state index is -3.53. The van der Waals surface area contributed by atoms with Crippen LogP contribution in [0.2, 0.25) is 0 Å². The largest absolute Gasteiger partial charge is 0.594 e. The molecule has 0 fully saturated rings. The first-order valence-corrected chi connectivity index (χ1v) is 8.49. The van der Waals surface area contributed by atoms with E-state index in [1.165, 1.54) is 6.07 Å². The summed E-state index contributed by atoms with van der Waals surface area (Å²) in [5.74, 6) is -0.154. The summed E-state index contributed by atoms with van der Waals surface area (Å²) in [4.78, 5) is 6.07. The molecule has 1 aromatic carbocycles. The number of nitrogen functional groups attached to an aromatic ring is 1. The molecule has 0 spiro atoms. The Morgan fingerprint density at radius 1 is 1.43 bits per heavy atom. The zero-order valence-electron chi connectivity index (χ0n) is 12.4. The molecule has 0 unspecified atom stereocenters. The number of fused-ring (bicyclic) bond motifs is 1. The third-order valence-corrected chi connectivity index (χ3v) is 3.58. The van der Waals surface area contributed by atoms with Crippen molar-refractivity contribution in [1.29, 1.82) is 0 Å². The second kappa shape index (κ2) is 6.89. The number of nitrogens with two attached hydrogens (primary N) is 1. The van der Waals surface area contributed by atoms with Gasteiger partial charge >= 0.3 is 0 Å². The summed E-state index contributed by atoms with van der Waals surface area (Å²) in [5.41, 5.74) is 6.69. The van der Waals surface area contributed by atoms with Gasteiger partial charge in [0.1, 0.15) is 5.52 Å². The maximum Gasteiger partial charge on any atom is 0.288 e. The van der Waals surface area contributed by atoms with Crippen molar-refractivity contribution in [3.63, 3.8) is 0 Å². The van der Waals surface area contributed by atoms with Crippen LogP contribution in [0.5, 0.6) is 0 Å². The molecule has 1 heterocycles. The Balaban J connectivity index is 2.26. The molecule has 0 saturated carbocycles. The summed E-state index contributed by atoms with van der Waals surface area (Å²) >= 11 is 0. The molecule has 0 amide bonds. The number of hydrogen-bond donors (Lipinski definition) is 2. The van der Waals surface area contributed by atoms with Crippen molar-refractivity contribution in [3.05, 3.63) is 23.4 Å². The number of hydrogen-bond acceptors (Lipinski definition) is 9. The zero-order chi connectivity index (χ0) is 17.0. The molecule has 2 aromatic rings. The predicted octanol–water partition coefficient (Wildman–Crippen LogP) is -1.38. The van der Waals surface area contributed by atoms with E-state index in [0.717, 1.165) is 6.26 Å². The van der Waals surface area contributed by atoms with E-state index in [2.05, 4.69) is 10.1 Å². The third kappa shape index (κ3) is 4.61. The second-order valence-corrected chi connectivity index (χ2v) is 6.40.